The van der Waals surface area contributed by atoms with Gasteiger partial charge in [-0.15, -0.1) is 0 Å². The van der Waals surface area contributed by atoms with Crippen LogP contribution in [-0.2, 0) is 16.0 Å². The monoisotopic (exact) mass is 205 g/mol. The molecule has 0 atom stereocenters. The van der Waals surface area contributed by atoms with Gasteiger partial charge in [0.15, 0.2) is 0 Å². The average Bonchev–Trinajstić information content (AvgIpc) is 2.59. The number of carbonyl (C=O) groups excluding carboxylic acids is 1. The molecular weight excluding hydrogens is 194 g/mol. The highest BCUT2D eigenvalue weighted by Crippen LogP contribution is 2.03. The minimum Gasteiger partial charge on any atom is -0.466 e. The van der Waals surface area contributed by atoms with E-state index in [4.69, 9.17) is 4.74 Å². The highest BCUT2D eigenvalue weighted by Gasteiger charge is 2.07. The first-order valence-electron chi connectivity index (χ1n) is 4.74. The summed E-state index contributed by atoms with van der Waals surface area (Å²) in [5.74, 6) is 0.331. The molecule has 2 heterocycles. The standard InChI is InChI=1S/C10H11N3O2/c1-2-15-9(14)6-8-7-13-5-3-4-11-10(13)12-8/h3-5,7H,2,6H2,1H3. The molecule has 2 rings (SSSR count). The Morgan fingerprint density at radius 2 is 2.47 bits per heavy atom. The molecule has 0 radical (unpaired) electrons. The van der Waals surface area contributed by atoms with Gasteiger partial charge in [0.25, 0.3) is 0 Å². The van der Waals surface area contributed by atoms with Crippen LogP contribution in [0.4, 0.5) is 0 Å². The van der Waals surface area contributed by atoms with Crippen LogP contribution in [0.25, 0.3) is 5.78 Å². The maximum absolute atomic E-state index is 11.2. The fraction of sp³-hybridized carbons (Fsp3) is 0.300. The first-order valence-corrected chi connectivity index (χ1v) is 4.74. The third-order valence-electron chi connectivity index (χ3n) is 1.92. The van der Waals surface area contributed by atoms with Gasteiger partial charge in [0.2, 0.25) is 5.78 Å². The lowest BCUT2D eigenvalue weighted by molar-refractivity contribution is -0.142. The van der Waals surface area contributed by atoms with Gasteiger partial charge in [0, 0.05) is 18.6 Å². The Balaban J connectivity index is 2.18. The van der Waals surface area contributed by atoms with Crippen molar-refractivity contribution in [2.75, 3.05) is 6.61 Å². The first-order chi connectivity index (χ1) is 7.29. The molecule has 0 unspecified atom stereocenters. The van der Waals surface area contributed by atoms with Crippen LogP contribution >= 0.6 is 0 Å². The zero-order chi connectivity index (χ0) is 10.7. The van der Waals surface area contributed by atoms with Gasteiger partial charge in [-0.25, -0.2) is 9.97 Å². The van der Waals surface area contributed by atoms with Crippen molar-refractivity contribution < 1.29 is 9.53 Å². The van der Waals surface area contributed by atoms with Crippen LogP contribution in [0.15, 0.2) is 24.7 Å². The second-order valence-corrected chi connectivity index (χ2v) is 3.04. The van der Waals surface area contributed by atoms with Crippen molar-refractivity contribution in [3.8, 4) is 0 Å². The van der Waals surface area contributed by atoms with E-state index in [1.807, 2.05) is 12.3 Å². The lowest BCUT2D eigenvalue weighted by atomic mass is 10.3. The van der Waals surface area contributed by atoms with Crippen molar-refractivity contribution in [3.05, 3.63) is 30.4 Å². The molecule has 5 nitrogen and oxygen atoms in total. The molecule has 0 aliphatic rings. The second kappa shape index (κ2) is 4.08. The lowest BCUT2D eigenvalue weighted by Crippen LogP contribution is -2.07. The molecular formula is C10H11N3O2. The van der Waals surface area contributed by atoms with E-state index >= 15 is 0 Å². The van der Waals surface area contributed by atoms with E-state index in [2.05, 4.69) is 9.97 Å². The number of carbonyl (C=O) groups is 1. The Kier molecular flexibility index (Phi) is 2.62. The number of esters is 1. The van der Waals surface area contributed by atoms with Gasteiger partial charge in [-0.3, -0.25) is 9.20 Å². The second-order valence-electron chi connectivity index (χ2n) is 3.04. The number of rotatable bonds is 3. The molecule has 0 aromatic carbocycles. The summed E-state index contributed by atoms with van der Waals surface area (Å²) < 4.78 is 6.61. The topological polar surface area (TPSA) is 56.5 Å². The quantitative estimate of drug-likeness (QED) is 0.696. The molecule has 2 aromatic heterocycles. The Morgan fingerprint density at radius 1 is 1.60 bits per heavy atom. The molecule has 0 aliphatic carbocycles. The number of hydrogen-bond acceptors (Lipinski definition) is 4. The van der Waals surface area contributed by atoms with Gasteiger partial charge >= 0.3 is 5.97 Å². The summed E-state index contributed by atoms with van der Waals surface area (Å²) in [5, 5.41) is 0. The van der Waals surface area contributed by atoms with Gasteiger partial charge in [-0.2, -0.15) is 0 Å². The number of hydrogen-bond donors (Lipinski definition) is 0. The molecule has 2 aromatic rings. The van der Waals surface area contributed by atoms with Crippen LogP contribution in [0.2, 0.25) is 0 Å². The van der Waals surface area contributed by atoms with E-state index in [1.54, 1.807) is 23.7 Å². The smallest absolute Gasteiger partial charge is 0.311 e. The van der Waals surface area contributed by atoms with Crippen LogP contribution in [0, 0.1) is 0 Å². The van der Waals surface area contributed by atoms with Crippen molar-refractivity contribution in [1.82, 2.24) is 14.4 Å². The summed E-state index contributed by atoms with van der Waals surface area (Å²) in [6, 6.07) is 1.81. The normalized spacial score (nSPS) is 10.5. The van der Waals surface area contributed by atoms with Gasteiger partial charge in [0.1, 0.15) is 0 Å². The molecule has 5 heteroatoms. The van der Waals surface area contributed by atoms with Gasteiger partial charge in [0.05, 0.1) is 18.7 Å². The van der Waals surface area contributed by atoms with Crippen LogP contribution < -0.4 is 0 Å². The van der Waals surface area contributed by atoms with Crippen LogP contribution in [-0.4, -0.2) is 26.9 Å². The summed E-state index contributed by atoms with van der Waals surface area (Å²) in [6.45, 7) is 2.17. The maximum atomic E-state index is 11.2. The van der Waals surface area contributed by atoms with Gasteiger partial charge < -0.3 is 4.74 Å². The number of fused-ring (bicyclic) bond motifs is 1. The minimum atomic E-state index is -0.263. The van der Waals surface area contributed by atoms with Crippen LogP contribution in [0.5, 0.6) is 0 Å². The average molecular weight is 205 g/mol. The summed E-state index contributed by atoms with van der Waals surface area (Å²) in [6.07, 6.45) is 5.47. The zero-order valence-corrected chi connectivity index (χ0v) is 8.38. The van der Waals surface area contributed by atoms with Gasteiger partial charge in [-0.1, -0.05) is 0 Å². The Hall–Kier alpha value is -1.91. The van der Waals surface area contributed by atoms with Crippen molar-refractivity contribution in [2.45, 2.75) is 13.3 Å². The Bertz CT molecular complexity index is 445. The van der Waals surface area contributed by atoms with E-state index in [-0.39, 0.29) is 12.4 Å². The van der Waals surface area contributed by atoms with Crippen molar-refractivity contribution in [1.29, 1.82) is 0 Å². The fourth-order valence-electron chi connectivity index (χ4n) is 1.32. The van der Waals surface area contributed by atoms with E-state index < -0.39 is 0 Å². The Labute approximate surface area is 86.7 Å². The molecule has 0 amide bonds. The number of aromatic nitrogens is 3. The molecule has 0 fully saturated rings. The predicted octanol–water partition coefficient (Wildman–Crippen LogP) is 0.835. The van der Waals surface area contributed by atoms with Crippen molar-refractivity contribution >= 4 is 11.7 Å². The highest BCUT2D eigenvalue weighted by molar-refractivity contribution is 5.72. The molecule has 0 saturated carbocycles. The molecule has 0 aliphatic heterocycles. The fourth-order valence-corrected chi connectivity index (χ4v) is 1.32. The van der Waals surface area contributed by atoms with E-state index in [0.29, 0.717) is 18.1 Å². The van der Waals surface area contributed by atoms with Crippen molar-refractivity contribution in [2.24, 2.45) is 0 Å². The van der Waals surface area contributed by atoms with E-state index in [1.165, 1.54) is 0 Å². The van der Waals surface area contributed by atoms with Crippen LogP contribution in [0.3, 0.4) is 0 Å². The van der Waals surface area contributed by atoms with Crippen molar-refractivity contribution in [3.63, 3.8) is 0 Å². The molecule has 0 N–H and O–H groups in total. The van der Waals surface area contributed by atoms with Crippen LogP contribution in [0.1, 0.15) is 12.6 Å². The third-order valence-corrected chi connectivity index (χ3v) is 1.92. The zero-order valence-electron chi connectivity index (χ0n) is 8.38. The SMILES string of the molecule is CCOC(=O)Cc1cn2cccnc2n1. The maximum Gasteiger partial charge on any atom is 0.311 e. The summed E-state index contributed by atoms with van der Waals surface area (Å²) in [7, 11) is 0. The summed E-state index contributed by atoms with van der Waals surface area (Å²) in [5.41, 5.74) is 0.673. The molecule has 78 valence electrons. The van der Waals surface area contributed by atoms with E-state index in [9.17, 15) is 4.79 Å². The first kappa shape index (κ1) is 9.64. The van der Waals surface area contributed by atoms with Gasteiger partial charge in [-0.05, 0) is 13.0 Å². The number of nitrogens with zero attached hydrogens (tertiary/aromatic N) is 3. The molecule has 0 spiro atoms. The Morgan fingerprint density at radius 3 is 3.20 bits per heavy atom. The molecule has 15 heavy (non-hydrogen) atoms. The number of ether oxygens (including phenoxy) is 1. The molecule has 0 bridgehead atoms. The minimum absolute atomic E-state index is 0.192. The van der Waals surface area contributed by atoms with E-state index in [0.717, 1.165) is 0 Å². The summed E-state index contributed by atoms with van der Waals surface area (Å²) >= 11 is 0. The molecule has 0 saturated heterocycles. The highest BCUT2D eigenvalue weighted by atomic mass is 16.5. The number of imidazole rings is 1. The predicted molar refractivity (Wildman–Crippen MR) is 53.3 cm³/mol. The largest absolute Gasteiger partial charge is 0.466 e. The third kappa shape index (κ3) is 2.12. The lowest BCUT2D eigenvalue weighted by Gasteiger charge is -1.97. The summed E-state index contributed by atoms with van der Waals surface area (Å²) in [4.78, 5) is 19.4.